The highest BCUT2D eigenvalue weighted by atomic mass is 35.5. The molecule has 1 rings (SSSR count). The van der Waals surface area contributed by atoms with Crippen LogP contribution in [-0.2, 0) is 0 Å². The van der Waals surface area contributed by atoms with Crippen molar-refractivity contribution in [2.45, 2.75) is 45.7 Å². The van der Waals surface area contributed by atoms with E-state index >= 15 is 0 Å². The Hall–Kier alpha value is -0.0500. The quantitative estimate of drug-likeness (QED) is 0.818. The first kappa shape index (κ1) is 14.0. The molecule has 0 bridgehead atoms. The van der Waals surface area contributed by atoms with Crippen LogP contribution in [0.15, 0.2) is 11.6 Å². The van der Waals surface area contributed by atoms with Crippen molar-refractivity contribution in [3.05, 3.63) is 11.6 Å². The fraction of sp³-hybridized carbons (Fsp3) is 0.846. The van der Waals surface area contributed by atoms with Crippen LogP contribution in [0.1, 0.15) is 33.6 Å². The molecule has 0 amide bonds. The summed E-state index contributed by atoms with van der Waals surface area (Å²) in [6, 6.07) is 1.27. The Bertz CT molecular complexity index is 218. The van der Waals surface area contributed by atoms with E-state index in [4.69, 9.17) is 11.6 Å². The monoisotopic (exact) mass is 244 g/mol. The van der Waals surface area contributed by atoms with Crippen molar-refractivity contribution in [1.82, 2.24) is 10.2 Å². The minimum Gasteiger partial charge on any atom is -0.312 e. The molecule has 3 heteroatoms. The lowest BCUT2D eigenvalue weighted by atomic mass is 9.99. The SMILES string of the molecule is CCC(C)C1CN(C/C=C/Cl)C(C)CCN1. The van der Waals surface area contributed by atoms with Crippen LogP contribution in [0.2, 0.25) is 0 Å². The second kappa shape index (κ2) is 7.31. The van der Waals surface area contributed by atoms with Gasteiger partial charge in [-0.3, -0.25) is 4.90 Å². The molecule has 0 aliphatic carbocycles. The molecule has 0 saturated carbocycles. The fourth-order valence-corrected chi connectivity index (χ4v) is 2.33. The van der Waals surface area contributed by atoms with Crippen LogP contribution in [0.3, 0.4) is 0 Å². The first-order chi connectivity index (χ1) is 7.69. The van der Waals surface area contributed by atoms with Gasteiger partial charge >= 0.3 is 0 Å². The van der Waals surface area contributed by atoms with Gasteiger partial charge in [-0.25, -0.2) is 0 Å². The van der Waals surface area contributed by atoms with Crippen molar-refractivity contribution >= 4 is 11.6 Å². The maximum atomic E-state index is 5.61. The van der Waals surface area contributed by atoms with Gasteiger partial charge < -0.3 is 5.32 Å². The third kappa shape index (κ3) is 4.08. The van der Waals surface area contributed by atoms with E-state index in [2.05, 4.69) is 31.0 Å². The van der Waals surface area contributed by atoms with Gasteiger partial charge in [-0.05, 0) is 25.8 Å². The normalized spacial score (nSPS) is 30.5. The Kier molecular flexibility index (Phi) is 6.40. The summed E-state index contributed by atoms with van der Waals surface area (Å²) in [5, 5.41) is 3.67. The summed E-state index contributed by atoms with van der Waals surface area (Å²) in [5.41, 5.74) is 1.63. The number of halogens is 1. The Labute approximate surface area is 105 Å². The molecule has 0 aromatic carbocycles. The van der Waals surface area contributed by atoms with E-state index in [0.717, 1.165) is 25.6 Å². The van der Waals surface area contributed by atoms with Gasteiger partial charge in [0.1, 0.15) is 0 Å². The number of hydrogen-bond donors (Lipinski definition) is 1. The number of rotatable bonds is 4. The van der Waals surface area contributed by atoms with Gasteiger partial charge in [0.25, 0.3) is 0 Å². The van der Waals surface area contributed by atoms with Crippen molar-refractivity contribution in [2.24, 2.45) is 5.92 Å². The van der Waals surface area contributed by atoms with Gasteiger partial charge in [0.2, 0.25) is 0 Å². The average Bonchev–Trinajstić information content (AvgIpc) is 2.48. The van der Waals surface area contributed by atoms with Crippen LogP contribution in [-0.4, -0.2) is 36.6 Å². The van der Waals surface area contributed by atoms with E-state index in [-0.39, 0.29) is 0 Å². The summed E-state index contributed by atoms with van der Waals surface area (Å²) < 4.78 is 0. The molecule has 16 heavy (non-hydrogen) atoms. The molecule has 3 unspecified atom stereocenters. The van der Waals surface area contributed by atoms with Gasteiger partial charge in [0, 0.05) is 30.7 Å². The molecule has 1 aliphatic rings. The van der Waals surface area contributed by atoms with Gasteiger partial charge in [-0.1, -0.05) is 37.9 Å². The molecule has 3 atom stereocenters. The van der Waals surface area contributed by atoms with Gasteiger partial charge in [0.15, 0.2) is 0 Å². The molecule has 1 heterocycles. The van der Waals surface area contributed by atoms with Crippen molar-refractivity contribution in [3.63, 3.8) is 0 Å². The highest BCUT2D eigenvalue weighted by molar-refractivity contribution is 6.25. The predicted molar refractivity (Wildman–Crippen MR) is 71.9 cm³/mol. The second-order valence-electron chi connectivity index (χ2n) is 4.90. The lowest BCUT2D eigenvalue weighted by Gasteiger charge is -2.30. The summed E-state index contributed by atoms with van der Waals surface area (Å²) >= 11 is 5.61. The van der Waals surface area contributed by atoms with Crippen molar-refractivity contribution in [1.29, 1.82) is 0 Å². The van der Waals surface area contributed by atoms with E-state index in [0.29, 0.717) is 12.1 Å². The Morgan fingerprint density at radius 2 is 2.31 bits per heavy atom. The molecule has 1 aliphatic heterocycles. The molecule has 0 aromatic rings. The van der Waals surface area contributed by atoms with Crippen LogP contribution in [0, 0.1) is 5.92 Å². The third-order valence-corrected chi connectivity index (χ3v) is 3.96. The van der Waals surface area contributed by atoms with Gasteiger partial charge in [0.05, 0.1) is 0 Å². The minimum atomic E-state index is 0.624. The summed E-state index contributed by atoms with van der Waals surface area (Å²) in [6.07, 6.45) is 4.51. The smallest absolute Gasteiger partial charge is 0.0220 e. The van der Waals surface area contributed by atoms with Crippen molar-refractivity contribution in [3.8, 4) is 0 Å². The minimum absolute atomic E-state index is 0.624. The molecule has 94 valence electrons. The lowest BCUT2D eigenvalue weighted by molar-refractivity contribution is 0.207. The summed E-state index contributed by atoms with van der Waals surface area (Å²) in [7, 11) is 0. The molecule has 0 radical (unpaired) electrons. The largest absolute Gasteiger partial charge is 0.312 e. The maximum Gasteiger partial charge on any atom is 0.0220 e. The highest BCUT2D eigenvalue weighted by Gasteiger charge is 2.24. The van der Waals surface area contributed by atoms with Crippen LogP contribution in [0.5, 0.6) is 0 Å². The first-order valence-corrected chi connectivity index (χ1v) is 6.85. The molecule has 1 saturated heterocycles. The molecule has 0 aromatic heterocycles. The Morgan fingerprint density at radius 1 is 1.56 bits per heavy atom. The zero-order valence-corrected chi connectivity index (χ0v) is 11.5. The zero-order chi connectivity index (χ0) is 12.0. The van der Waals surface area contributed by atoms with Crippen LogP contribution < -0.4 is 5.32 Å². The number of nitrogens with zero attached hydrogens (tertiary/aromatic N) is 1. The van der Waals surface area contributed by atoms with E-state index < -0.39 is 0 Å². The van der Waals surface area contributed by atoms with Gasteiger partial charge in [-0.15, -0.1) is 0 Å². The molecule has 1 N–H and O–H groups in total. The topological polar surface area (TPSA) is 15.3 Å². The van der Waals surface area contributed by atoms with E-state index in [9.17, 15) is 0 Å². The summed E-state index contributed by atoms with van der Waals surface area (Å²) in [5.74, 6) is 0.743. The van der Waals surface area contributed by atoms with E-state index in [1.165, 1.54) is 12.8 Å². The molecular formula is C13H25ClN2. The summed E-state index contributed by atoms with van der Waals surface area (Å²) in [4.78, 5) is 2.52. The van der Waals surface area contributed by atoms with Crippen LogP contribution in [0.4, 0.5) is 0 Å². The molecule has 1 fully saturated rings. The van der Waals surface area contributed by atoms with Crippen molar-refractivity contribution < 1.29 is 0 Å². The first-order valence-electron chi connectivity index (χ1n) is 6.41. The van der Waals surface area contributed by atoms with Crippen molar-refractivity contribution in [2.75, 3.05) is 19.6 Å². The third-order valence-electron chi connectivity index (χ3n) is 3.78. The number of nitrogens with one attached hydrogen (secondary N) is 1. The predicted octanol–water partition coefficient (Wildman–Crippen LogP) is 2.84. The molecule has 0 spiro atoms. The molecular weight excluding hydrogens is 220 g/mol. The second-order valence-corrected chi connectivity index (χ2v) is 5.15. The Balaban J connectivity index is 2.58. The fourth-order valence-electron chi connectivity index (χ4n) is 2.25. The maximum absolute atomic E-state index is 5.61. The van der Waals surface area contributed by atoms with E-state index in [1.54, 1.807) is 5.54 Å². The Morgan fingerprint density at radius 3 is 2.94 bits per heavy atom. The molecule has 2 nitrogen and oxygen atoms in total. The zero-order valence-electron chi connectivity index (χ0n) is 10.7. The average molecular weight is 245 g/mol. The van der Waals surface area contributed by atoms with Gasteiger partial charge in [-0.2, -0.15) is 0 Å². The standard InChI is InChI=1S/C13H25ClN2/c1-4-11(2)13-10-16(9-5-7-14)12(3)6-8-15-13/h5,7,11-13,15H,4,6,8-10H2,1-3H3/b7-5+. The highest BCUT2D eigenvalue weighted by Crippen LogP contribution is 2.15. The number of hydrogen-bond acceptors (Lipinski definition) is 2. The van der Waals surface area contributed by atoms with Crippen LogP contribution >= 0.6 is 11.6 Å². The lowest BCUT2D eigenvalue weighted by Crippen LogP contribution is -2.43. The summed E-state index contributed by atoms with van der Waals surface area (Å²) in [6.45, 7) is 10.2. The van der Waals surface area contributed by atoms with Crippen LogP contribution in [0.25, 0.3) is 0 Å². The van der Waals surface area contributed by atoms with E-state index in [1.807, 2.05) is 6.08 Å².